The van der Waals surface area contributed by atoms with Crippen LogP contribution in [0.4, 0.5) is 0 Å². The molecule has 1 rings (SSSR count). The third kappa shape index (κ3) is 4.78. The molecular formula is C12H21NO4S. The predicted octanol–water partition coefficient (Wildman–Crippen LogP) is 1.52. The molecule has 0 aliphatic heterocycles. The first-order valence-electron chi connectivity index (χ1n) is 6.02. The number of carbonyl (C=O) groups excluding carboxylic acids is 1. The van der Waals surface area contributed by atoms with Crippen molar-refractivity contribution in [3.63, 3.8) is 0 Å². The fourth-order valence-corrected chi connectivity index (χ4v) is 3.20. The van der Waals surface area contributed by atoms with Crippen molar-refractivity contribution in [3.8, 4) is 0 Å². The van der Waals surface area contributed by atoms with Crippen LogP contribution in [0, 0.1) is 5.92 Å². The lowest BCUT2D eigenvalue weighted by Crippen LogP contribution is -2.48. The third-order valence-corrected chi connectivity index (χ3v) is 4.13. The summed E-state index contributed by atoms with van der Waals surface area (Å²) in [5, 5.41) is 2.92. The van der Waals surface area contributed by atoms with Gasteiger partial charge >= 0.3 is 0 Å². The Kier molecular flexibility index (Phi) is 4.55. The van der Waals surface area contributed by atoms with Gasteiger partial charge in [0.25, 0.3) is 10.1 Å². The van der Waals surface area contributed by atoms with Gasteiger partial charge in [-0.15, -0.1) is 0 Å². The molecule has 18 heavy (non-hydrogen) atoms. The molecule has 0 radical (unpaired) electrons. The van der Waals surface area contributed by atoms with E-state index in [2.05, 4.69) is 5.32 Å². The van der Waals surface area contributed by atoms with Crippen LogP contribution in [0.25, 0.3) is 0 Å². The van der Waals surface area contributed by atoms with Crippen LogP contribution in [0.1, 0.15) is 40.0 Å². The molecule has 6 heteroatoms. The van der Waals surface area contributed by atoms with Crippen LogP contribution >= 0.6 is 0 Å². The summed E-state index contributed by atoms with van der Waals surface area (Å²) >= 11 is 0. The number of rotatable bonds is 4. The van der Waals surface area contributed by atoms with E-state index in [9.17, 15) is 13.2 Å². The minimum Gasteiger partial charge on any atom is -0.351 e. The fourth-order valence-electron chi connectivity index (χ4n) is 2.47. The average Bonchev–Trinajstić information content (AvgIpc) is 2.13. The largest absolute Gasteiger partial charge is 0.351 e. The summed E-state index contributed by atoms with van der Waals surface area (Å²) in [6, 6.07) is 0. The Morgan fingerprint density at radius 3 is 2.56 bits per heavy atom. The Labute approximate surface area is 108 Å². The Hall–Kier alpha value is -0.880. The van der Waals surface area contributed by atoms with Crippen molar-refractivity contribution in [3.05, 3.63) is 11.6 Å². The number of amides is 1. The molecule has 0 saturated heterocycles. The number of hydrogen-bond acceptors (Lipinski definition) is 3. The van der Waals surface area contributed by atoms with E-state index in [0.717, 1.165) is 18.4 Å². The van der Waals surface area contributed by atoms with Gasteiger partial charge in [-0.2, -0.15) is 8.42 Å². The molecule has 0 aromatic carbocycles. The predicted molar refractivity (Wildman–Crippen MR) is 69.7 cm³/mol. The van der Waals surface area contributed by atoms with Gasteiger partial charge in [0.2, 0.25) is 5.91 Å². The van der Waals surface area contributed by atoms with Gasteiger partial charge in [-0.05, 0) is 39.0 Å². The molecule has 0 aromatic heterocycles. The highest BCUT2D eigenvalue weighted by Gasteiger charge is 2.31. The second kappa shape index (κ2) is 5.40. The first kappa shape index (κ1) is 15.2. The zero-order valence-electron chi connectivity index (χ0n) is 11.1. The van der Waals surface area contributed by atoms with E-state index in [4.69, 9.17) is 4.55 Å². The van der Waals surface area contributed by atoms with Crippen LogP contribution in [0.2, 0.25) is 0 Å². The van der Waals surface area contributed by atoms with Gasteiger partial charge in [-0.1, -0.05) is 11.6 Å². The first-order chi connectivity index (χ1) is 8.10. The summed E-state index contributed by atoms with van der Waals surface area (Å²) in [5.41, 5.74) is 0.457. The molecule has 0 heterocycles. The quantitative estimate of drug-likeness (QED) is 0.602. The van der Waals surface area contributed by atoms with Gasteiger partial charge < -0.3 is 5.32 Å². The van der Waals surface area contributed by atoms with Gasteiger partial charge in [0, 0.05) is 12.5 Å². The number of allylic oxidation sites excluding steroid dienone is 1. The van der Waals surface area contributed by atoms with E-state index in [1.807, 2.05) is 19.9 Å². The Bertz CT molecular complexity index is 451. The molecule has 0 aromatic rings. The van der Waals surface area contributed by atoms with Crippen LogP contribution in [-0.2, 0) is 14.9 Å². The van der Waals surface area contributed by atoms with Crippen LogP contribution < -0.4 is 5.32 Å². The maximum absolute atomic E-state index is 11.1. The molecule has 0 saturated carbocycles. The van der Waals surface area contributed by atoms with Crippen molar-refractivity contribution in [1.82, 2.24) is 5.32 Å². The highest BCUT2D eigenvalue weighted by Crippen LogP contribution is 2.32. The summed E-state index contributed by atoms with van der Waals surface area (Å²) < 4.78 is 30.4. The Balaban J connectivity index is 2.65. The van der Waals surface area contributed by atoms with E-state index in [1.165, 1.54) is 6.92 Å². The molecule has 0 bridgehead atoms. The van der Waals surface area contributed by atoms with Crippen LogP contribution in [-0.4, -0.2) is 30.2 Å². The molecular weight excluding hydrogens is 254 g/mol. The number of carbonyl (C=O) groups is 1. The minimum atomic E-state index is -3.93. The molecule has 1 amide bonds. The molecule has 0 fully saturated rings. The van der Waals surface area contributed by atoms with Crippen molar-refractivity contribution >= 4 is 16.0 Å². The van der Waals surface area contributed by atoms with Crippen molar-refractivity contribution in [1.29, 1.82) is 0 Å². The van der Waals surface area contributed by atoms with Crippen molar-refractivity contribution in [2.75, 3.05) is 5.75 Å². The highest BCUT2D eigenvalue weighted by atomic mass is 32.2. The van der Waals surface area contributed by atoms with Gasteiger partial charge in [0.15, 0.2) is 0 Å². The molecule has 0 unspecified atom stereocenters. The zero-order valence-corrected chi connectivity index (χ0v) is 11.9. The lowest BCUT2D eigenvalue weighted by atomic mass is 9.77. The summed E-state index contributed by atoms with van der Waals surface area (Å²) in [5.74, 6) is -0.0560. The Morgan fingerprint density at radius 1 is 1.56 bits per heavy atom. The molecule has 2 N–H and O–H groups in total. The topological polar surface area (TPSA) is 83.5 Å². The molecule has 0 spiro atoms. The smallest absolute Gasteiger partial charge is 0.268 e. The van der Waals surface area contributed by atoms with Crippen LogP contribution in [0.3, 0.4) is 0 Å². The average molecular weight is 275 g/mol. The number of hydrogen-bond donors (Lipinski definition) is 2. The van der Waals surface area contributed by atoms with Crippen molar-refractivity contribution in [2.45, 2.75) is 45.6 Å². The lowest BCUT2D eigenvalue weighted by Gasteiger charge is -2.36. The van der Waals surface area contributed by atoms with Crippen molar-refractivity contribution in [2.24, 2.45) is 5.92 Å². The maximum atomic E-state index is 11.1. The second-order valence-electron chi connectivity index (χ2n) is 5.46. The van der Waals surface area contributed by atoms with E-state index in [0.29, 0.717) is 6.42 Å². The molecule has 5 nitrogen and oxygen atoms in total. The third-order valence-electron chi connectivity index (χ3n) is 3.39. The lowest BCUT2D eigenvalue weighted by molar-refractivity contribution is -0.121. The van der Waals surface area contributed by atoms with E-state index in [-0.39, 0.29) is 23.1 Å². The molecule has 1 aliphatic carbocycles. The van der Waals surface area contributed by atoms with Gasteiger partial charge in [0.05, 0.1) is 5.75 Å². The summed E-state index contributed by atoms with van der Waals surface area (Å²) in [4.78, 5) is 11.1. The normalized spacial score (nSPS) is 21.3. The molecule has 1 atom stereocenters. The second-order valence-corrected chi connectivity index (χ2v) is 6.92. The van der Waals surface area contributed by atoms with Gasteiger partial charge in [0.1, 0.15) is 0 Å². The Morgan fingerprint density at radius 2 is 2.17 bits per heavy atom. The van der Waals surface area contributed by atoms with E-state index >= 15 is 0 Å². The van der Waals surface area contributed by atoms with Crippen LogP contribution in [0.15, 0.2) is 11.6 Å². The summed E-state index contributed by atoms with van der Waals surface area (Å²) in [6.45, 7) is 5.44. The van der Waals surface area contributed by atoms with Crippen molar-refractivity contribution < 1.29 is 17.8 Å². The maximum Gasteiger partial charge on any atom is 0.268 e. The fraction of sp³-hybridized carbons (Fsp3) is 0.750. The molecule has 104 valence electrons. The number of nitrogens with one attached hydrogen (secondary N) is 1. The van der Waals surface area contributed by atoms with E-state index < -0.39 is 10.1 Å². The monoisotopic (exact) mass is 275 g/mol. The van der Waals surface area contributed by atoms with Gasteiger partial charge in [-0.25, -0.2) is 0 Å². The van der Waals surface area contributed by atoms with Crippen LogP contribution in [0.5, 0.6) is 0 Å². The highest BCUT2D eigenvalue weighted by molar-refractivity contribution is 7.85. The summed E-state index contributed by atoms with van der Waals surface area (Å²) in [6.07, 6.45) is 4.05. The minimum absolute atomic E-state index is 0.0623. The van der Waals surface area contributed by atoms with E-state index in [1.54, 1.807) is 0 Å². The van der Waals surface area contributed by atoms with Gasteiger partial charge in [-0.3, -0.25) is 9.35 Å². The zero-order chi connectivity index (χ0) is 14.0. The molecule has 1 aliphatic rings. The summed E-state index contributed by atoms with van der Waals surface area (Å²) in [7, 11) is -3.93. The standard InChI is InChI=1S/C12H21NO4S/c1-9(14)13-12(2,3)11-6-4-10(5-7-11)8-18(15,16)17/h4,11H,5-8H2,1-3H3,(H,13,14)(H,15,16,17)/t11-/m1/s1. The first-order valence-corrected chi connectivity index (χ1v) is 7.63. The SMILES string of the molecule is CC(=O)NC(C)(C)[C@@H]1CC=C(CS(=O)(=O)O)CC1.